The highest BCUT2D eigenvalue weighted by atomic mass is 32.2. The van der Waals surface area contributed by atoms with E-state index in [9.17, 15) is 14.7 Å². The zero-order valence-corrected chi connectivity index (χ0v) is 22.5. The van der Waals surface area contributed by atoms with Gasteiger partial charge in [0.1, 0.15) is 17.3 Å². The van der Waals surface area contributed by atoms with Crippen LogP contribution in [0.4, 0.5) is 9.18 Å². The van der Waals surface area contributed by atoms with E-state index in [0.29, 0.717) is 30.8 Å². The minimum absolute atomic E-state index is 0.00952. The molecule has 1 saturated heterocycles. The van der Waals surface area contributed by atoms with Crippen LogP contribution in [0.5, 0.6) is 11.5 Å². The van der Waals surface area contributed by atoms with Gasteiger partial charge in [0, 0.05) is 24.1 Å². The molecule has 6 nitrogen and oxygen atoms in total. The van der Waals surface area contributed by atoms with Crippen molar-refractivity contribution in [1.82, 2.24) is 4.90 Å². The smallest absolute Gasteiger partial charge is 0.415 e. The number of carbonyl (C=O) groups is 2. The third-order valence-electron chi connectivity index (χ3n) is 6.83. The summed E-state index contributed by atoms with van der Waals surface area (Å²) >= 11 is 1.68. The van der Waals surface area contributed by atoms with Crippen LogP contribution in [0.2, 0.25) is 0 Å². The molecule has 3 aromatic rings. The van der Waals surface area contributed by atoms with Crippen molar-refractivity contribution >= 4 is 23.8 Å². The first-order valence-corrected chi connectivity index (χ1v) is 13.7. The standard InChI is InChI=1S/C30H32FNO5S/c1-30(2,28(33)34)37-25-12-11-21(27(31)17-25)16-23-19-32(29(35)36-24-7-5-4-6-8-24)18-22(23)15-20-9-13-26(38-3)14-10-20/h4-14,17,22-23H,15-16,18-19H2,1-3H3,(H,33,34)/t22-,23-/m1/s1. The second kappa shape index (κ2) is 11.9. The first-order chi connectivity index (χ1) is 18.1. The second-order valence-electron chi connectivity index (χ2n) is 10.0. The van der Waals surface area contributed by atoms with Crippen LogP contribution >= 0.6 is 11.8 Å². The lowest BCUT2D eigenvalue weighted by atomic mass is 9.85. The van der Waals surface area contributed by atoms with Gasteiger partial charge in [-0.2, -0.15) is 0 Å². The Morgan fingerprint density at radius 3 is 2.24 bits per heavy atom. The number of benzene rings is 3. The minimum Gasteiger partial charge on any atom is -0.478 e. The number of carbonyl (C=O) groups excluding carboxylic acids is 1. The molecule has 0 aliphatic carbocycles. The van der Waals surface area contributed by atoms with Crippen molar-refractivity contribution in [2.45, 2.75) is 37.2 Å². The van der Waals surface area contributed by atoms with Crippen LogP contribution in [0.1, 0.15) is 25.0 Å². The van der Waals surface area contributed by atoms with E-state index >= 15 is 4.39 Å². The average Bonchev–Trinajstić information content (AvgIpc) is 3.28. The van der Waals surface area contributed by atoms with Gasteiger partial charge < -0.3 is 19.5 Å². The first kappa shape index (κ1) is 27.5. The van der Waals surface area contributed by atoms with Crippen molar-refractivity contribution in [2.75, 3.05) is 19.3 Å². The number of hydrogen-bond donors (Lipinski definition) is 1. The Hall–Kier alpha value is -3.52. The fourth-order valence-electron chi connectivity index (χ4n) is 4.65. The maximum Gasteiger partial charge on any atom is 0.415 e. The highest BCUT2D eigenvalue weighted by Gasteiger charge is 2.37. The van der Waals surface area contributed by atoms with E-state index in [1.165, 1.54) is 24.8 Å². The Bertz CT molecular complexity index is 1270. The molecule has 0 radical (unpaired) electrons. The Morgan fingerprint density at radius 2 is 1.63 bits per heavy atom. The van der Waals surface area contributed by atoms with Gasteiger partial charge in [-0.1, -0.05) is 36.4 Å². The minimum atomic E-state index is -1.48. The van der Waals surface area contributed by atoms with E-state index in [2.05, 4.69) is 24.3 Å². The zero-order valence-electron chi connectivity index (χ0n) is 21.7. The van der Waals surface area contributed by atoms with Crippen LogP contribution in [0, 0.1) is 17.7 Å². The highest BCUT2D eigenvalue weighted by molar-refractivity contribution is 7.98. The molecular formula is C30H32FNO5S. The summed E-state index contributed by atoms with van der Waals surface area (Å²) in [6.07, 6.45) is 2.80. The zero-order chi connectivity index (χ0) is 27.3. The van der Waals surface area contributed by atoms with E-state index in [1.807, 2.05) is 24.5 Å². The lowest BCUT2D eigenvalue weighted by Crippen LogP contribution is -2.37. The maximum absolute atomic E-state index is 15.1. The molecule has 2 atom stereocenters. The van der Waals surface area contributed by atoms with Crippen molar-refractivity contribution in [2.24, 2.45) is 11.8 Å². The summed E-state index contributed by atoms with van der Waals surface area (Å²) in [4.78, 5) is 27.2. The van der Waals surface area contributed by atoms with Crippen LogP contribution in [-0.2, 0) is 17.6 Å². The van der Waals surface area contributed by atoms with E-state index in [4.69, 9.17) is 9.47 Å². The van der Waals surface area contributed by atoms with Crippen molar-refractivity contribution in [3.8, 4) is 11.5 Å². The molecule has 4 rings (SSSR count). The molecule has 1 heterocycles. The van der Waals surface area contributed by atoms with Crippen molar-refractivity contribution < 1.29 is 28.6 Å². The number of halogens is 1. The third-order valence-corrected chi connectivity index (χ3v) is 7.58. The number of hydrogen-bond acceptors (Lipinski definition) is 5. The Morgan fingerprint density at radius 1 is 0.974 bits per heavy atom. The first-order valence-electron chi connectivity index (χ1n) is 12.5. The van der Waals surface area contributed by atoms with Crippen molar-refractivity contribution in [3.05, 3.63) is 89.7 Å². The number of carboxylic acid groups (broad SMARTS) is 1. The van der Waals surface area contributed by atoms with E-state index < -0.39 is 23.5 Å². The lowest BCUT2D eigenvalue weighted by molar-refractivity contribution is -0.152. The maximum atomic E-state index is 15.1. The molecular weight excluding hydrogens is 505 g/mol. The lowest BCUT2D eigenvalue weighted by Gasteiger charge is -2.22. The van der Waals surface area contributed by atoms with E-state index in [-0.39, 0.29) is 17.6 Å². The number of aliphatic carboxylic acids is 1. The summed E-state index contributed by atoms with van der Waals surface area (Å²) in [5.41, 5.74) is 0.184. The van der Waals surface area contributed by atoms with Crippen molar-refractivity contribution in [1.29, 1.82) is 0 Å². The molecule has 3 aromatic carbocycles. The fraction of sp³-hybridized carbons (Fsp3) is 0.333. The van der Waals surface area contributed by atoms with Crippen molar-refractivity contribution in [3.63, 3.8) is 0 Å². The van der Waals surface area contributed by atoms with E-state index in [0.717, 1.165) is 12.0 Å². The van der Waals surface area contributed by atoms with Crippen LogP contribution < -0.4 is 9.47 Å². The summed E-state index contributed by atoms with van der Waals surface area (Å²) in [7, 11) is 0. The number of para-hydroxylation sites is 1. The molecule has 8 heteroatoms. The average molecular weight is 538 g/mol. The van der Waals surface area contributed by atoms with Gasteiger partial charge >= 0.3 is 12.1 Å². The molecule has 1 amide bonds. The molecule has 0 unspecified atom stereocenters. The Labute approximate surface area is 226 Å². The topological polar surface area (TPSA) is 76.1 Å². The van der Waals surface area contributed by atoms with Crippen LogP contribution in [0.25, 0.3) is 0 Å². The third kappa shape index (κ3) is 6.86. The predicted octanol–water partition coefficient (Wildman–Crippen LogP) is 6.32. The molecule has 200 valence electrons. The quantitative estimate of drug-likeness (QED) is 0.322. The molecule has 1 aliphatic heterocycles. The van der Waals surface area contributed by atoms with Crippen LogP contribution in [0.15, 0.2) is 77.7 Å². The normalized spacial score (nSPS) is 17.3. The molecule has 0 bridgehead atoms. The Balaban J connectivity index is 1.51. The van der Waals surface area contributed by atoms with Crippen LogP contribution in [0.3, 0.4) is 0 Å². The van der Waals surface area contributed by atoms with Gasteiger partial charge in [0.05, 0.1) is 0 Å². The number of nitrogens with zero attached hydrogens (tertiary/aromatic N) is 1. The van der Waals surface area contributed by atoms with Crippen LogP contribution in [-0.4, -0.2) is 47.0 Å². The largest absolute Gasteiger partial charge is 0.478 e. The monoisotopic (exact) mass is 537 g/mol. The molecule has 1 N–H and O–H groups in total. The molecule has 0 spiro atoms. The van der Waals surface area contributed by atoms with Gasteiger partial charge in [-0.25, -0.2) is 14.0 Å². The molecule has 0 aromatic heterocycles. The van der Waals surface area contributed by atoms with Gasteiger partial charge in [0.2, 0.25) is 0 Å². The summed E-state index contributed by atoms with van der Waals surface area (Å²) in [6.45, 7) is 3.79. The molecule has 1 aliphatic rings. The second-order valence-corrected chi connectivity index (χ2v) is 10.9. The highest BCUT2D eigenvalue weighted by Crippen LogP contribution is 2.33. The SMILES string of the molecule is CSc1ccc(C[C@@H]2CN(C(=O)Oc3ccccc3)C[C@H]2Cc2ccc(OC(C)(C)C(=O)O)cc2F)cc1. The molecule has 0 saturated carbocycles. The molecule has 38 heavy (non-hydrogen) atoms. The van der Waals surface area contributed by atoms with Gasteiger partial charge in [0.15, 0.2) is 5.60 Å². The summed E-state index contributed by atoms with van der Waals surface area (Å²) in [6, 6.07) is 21.8. The molecule has 1 fully saturated rings. The number of likely N-dealkylation sites (tertiary alicyclic amines) is 1. The van der Waals surface area contributed by atoms with Gasteiger partial charge in [-0.05, 0) is 86.2 Å². The number of carboxylic acids is 1. The number of amides is 1. The summed E-state index contributed by atoms with van der Waals surface area (Å²) in [5, 5.41) is 9.30. The summed E-state index contributed by atoms with van der Waals surface area (Å²) < 4.78 is 26.2. The number of rotatable bonds is 9. The number of ether oxygens (including phenoxy) is 2. The Kier molecular flexibility index (Phi) is 8.62. The van der Waals surface area contributed by atoms with Gasteiger partial charge in [0.25, 0.3) is 0 Å². The fourth-order valence-corrected chi connectivity index (χ4v) is 5.05. The van der Waals surface area contributed by atoms with E-state index in [1.54, 1.807) is 40.9 Å². The predicted molar refractivity (Wildman–Crippen MR) is 145 cm³/mol. The van der Waals surface area contributed by atoms with Gasteiger partial charge in [-0.3, -0.25) is 0 Å². The van der Waals surface area contributed by atoms with Gasteiger partial charge in [-0.15, -0.1) is 11.8 Å². The number of thioether (sulfide) groups is 1. The summed E-state index contributed by atoms with van der Waals surface area (Å²) in [5.74, 6) is -0.837.